The summed E-state index contributed by atoms with van der Waals surface area (Å²) >= 11 is 0. The van der Waals surface area contributed by atoms with Crippen LogP contribution in [0.15, 0.2) is 24.3 Å². The number of hydrogen-bond acceptors (Lipinski definition) is 3. The highest BCUT2D eigenvalue weighted by Gasteiger charge is 2.22. The van der Waals surface area contributed by atoms with E-state index < -0.39 is 0 Å². The average Bonchev–Trinajstić information content (AvgIpc) is 2.93. The number of carbonyl (C=O) groups excluding carboxylic acids is 2. The van der Waals surface area contributed by atoms with E-state index in [0.29, 0.717) is 18.5 Å². The minimum absolute atomic E-state index is 0.128. The number of imidazole rings is 1. The lowest BCUT2D eigenvalue weighted by Crippen LogP contribution is -2.26. The molecule has 1 heterocycles. The fraction of sp³-hybridized carbons (Fsp3) is 0.500. The van der Waals surface area contributed by atoms with Gasteiger partial charge in [-0.1, -0.05) is 31.4 Å². The second-order valence-corrected chi connectivity index (χ2v) is 6.37. The van der Waals surface area contributed by atoms with Crippen LogP contribution in [0, 0.1) is 0 Å². The van der Waals surface area contributed by atoms with E-state index in [0.717, 1.165) is 23.9 Å². The summed E-state index contributed by atoms with van der Waals surface area (Å²) < 4.78 is 2.19. The van der Waals surface area contributed by atoms with Crippen molar-refractivity contribution in [2.75, 3.05) is 11.9 Å². The summed E-state index contributed by atoms with van der Waals surface area (Å²) in [4.78, 5) is 27.7. The Labute approximate surface area is 141 Å². The summed E-state index contributed by atoms with van der Waals surface area (Å²) in [5.41, 5.74) is 1.97. The van der Waals surface area contributed by atoms with Gasteiger partial charge >= 0.3 is 0 Å². The number of anilines is 1. The Hall–Kier alpha value is -2.37. The first-order valence-corrected chi connectivity index (χ1v) is 8.66. The highest BCUT2D eigenvalue weighted by molar-refractivity contribution is 5.92. The normalized spacial score (nSPS) is 15.4. The topological polar surface area (TPSA) is 76.0 Å². The van der Waals surface area contributed by atoms with Gasteiger partial charge in [-0.3, -0.25) is 14.9 Å². The fourth-order valence-electron chi connectivity index (χ4n) is 3.38. The Balaban J connectivity index is 1.81. The van der Waals surface area contributed by atoms with Crippen LogP contribution >= 0.6 is 0 Å². The molecular formula is C18H24N4O2. The van der Waals surface area contributed by atoms with Gasteiger partial charge < -0.3 is 9.88 Å². The van der Waals surface area contributed by atoms with Crippen molar-refractivity contribution >= 4 is 28.8 Å². The molecule has 0 radical (unpaired) electrons. The average molecular weight is 328 g/mol. The third-order valence-corrected chi connectivity index (χ3v) is 4.51. The van der Waals surface area contributed by atoms with Gasteiger partial charge in [-0.15, -0.1) is 0 Å². The Morgan fingerprint density at radius 2 is 1.96 bits per heavy atom. The minimum atomic E-state index is -0.129. The molecule has 24 heavy (non-hydrogen) atoms. The van der Waals surface area contributed by atoms with Gasteiger partial charge in [0.1, 0.15) is 0 Å². The van der Waals surface area contributed by atoms with Crippen molar-refractivity contribution in [1.82, 2.24) is 14.9 Å². The maximum absolute atomic E-state index is 12.2. The quantitative estimate of drug-likeness (QED) is 0.886. The van der Waals surface area contributed by atoms with Gasteiger partial charge in [0, 0.05) is 25.9 Å². The number of aromatic nitrogens is 2. The number of nitrogens with one attached hydrogen (secondary N) is 2. The molecule has 1 fully saturated rings. The van der Waals surface area contributed by atoms with Crippen LogP contribution in [0.2, 0.25) is 0 Å². The zero-order valence-corrected chi connectivity index (χ0v) is 14.0. The summed E-state index contributed by atoms with van der Waals surface area (Å²) in [7, 11) is 0. The molecule has 1 aliphatic rings. The largest absolute Gasteiger partial charge is 0.356 e. The maximum Gasteiger partial charge on any atom is 0.228 e. The van der Waals surface area contributed by atoms with Crippen molar-refractivity contribution in [3.05, 3.63) is 24.3 Å². The van der Waals surface area contributed by atoms with Gasteiger partial charge in [0.15, 0.2) is 0 Å². The molecule has 2 amide bonds. The molecule has 6 nitrogen and oxygen atoms in total. The lowest BCUT2D eigenvalue weighted by molar-refractivity contribution is -0.119. The number of rotatable bonds is 5. The van der Waals surface area contributed by atoms with Crippen LogP contribution < -0.4 is 10.6 Å². The van der Waals surface area contributed by atoms with E-state index in [1.807, 2.05) is 18.2 Å². The number of nitrogens with zero attached hydrogens (tertiary/aromatic N) is 2. The summed E-state index contributed by atoms with van der Waals surface area (Å²) in [6.07, 6.45) is 6.19. The Morgan fingerprint density at radius 1 is 1.21 bits per heavy atom. The maximum atomic E-state index is 12.2. The monoisotopic (exact) mass is 328 g/mol. The van der Waals surface area contributed by atoms with Crippen molar-refractivity contribution in [2.24, 2.45) is 0 Å². The van der Waals surface area contributed by atoms with Gasteiger partial charge in [0.25, 0.3) is 0 Å². The van der Waals surface area contributed by atoms with Crippen molar-refractivity contribution in [1.29, 1.82) is 0 Å². The zero-order valence-electron chi connectivity index (χ0n) is 14.0. The standard InChI is InChI=1S/C18H24N4O2/c1-13(23)19-12-11-17(24)21-18-20-15-9-5-6-10-16(15)22(18)14-7-3-2-4-8-14/h5-6,9-10,14H,2-4,7-8,11-12H2,1H3,(H,19,23)(H,20,21,24). The molecule has 1 aromatic heterocycles. The van der Waals surface area contributed by atoms with Gasteiger partial charge in [0.05, 0.1) is 11.0 Å². The number of benzene rings is 1. The van der Waals surface area contributed by atoms with E-state index in [1.165, 1.54) is 26.2 Å². The Bertz CT molecular complexity index is 732. The van der Waals surface area contributed by atoms with E-state index in [4.69, 9.17) is 0 Å². The molecule has 2 N–H and O–H groups in total. The van der Waals surface area contributed by atoms with Gasteiger partial charge in [0.2, 0.25) is 17.8 Å². The van der Waals surface area contributed by atoms with Crippen molar-refractivity contribution in [3.63, 3.8) is 0 Å². The van der Waals surface area contributed by atoms with Crippen molar-refractivity contribution in [2.45, 2.75) is 51.5 Å². The van der Waals surface area contributed by atoms with Crippen LogP contribution in [0.3, 0.4) is 0 Å². The molecule has 128 valence electrons. The third kappa shape index (κ3) is 3.75. The second-order valence-electron chi connectivity index (χ2n) is 6.37. The second kappa shape index (κ2) is 7.47. The molecule has 1 aliphatic carbocycles. The molecule has 2 aromatic rings. The lowest BCUT2D eigenvalue weighted by atomic mass is 9.95. The summed E-state index contributed by atoms with van der Waals surface area (Å²) in [5, 5.41) is 5.57. The highest BCUT2D eigenvalue weighted by Crippen LogP contribution is 2.34. The first kappa shape index (κ1) is 16.5. The highest BCUT2D eigenvalue weighted by atomic mass is 16.2. The molecule has 0 aliphatic heterocycles. The molecule has 1 aromatic carbocycles. The number of hydrogen-bond donors (Lipinski definition) is 2. The minimum Gasteiger partial charge on any atom is -0.356 e. The third-order valence-electron chi connectivity index (χ3n) is 4.51. The summed E-state index contributed by atoms with van der Waals surface area (Å²) in [5.74, 6) is 0.365. The van der Waals surface area contributed by atoms with Crippen LogP contribution in [-0.2, 0) is 9.59 Å². The fourth-order valence-corrected chi connectivity index (χ4v) is 3.38. The van der Waals surface area contributed by atoms with Crippen LogP contribution in [0.25, 0.3) is 11.0 Å². The Kier molecular flexibility index (Phi) is 5.13. The lowest BCUT2D eigenvalue weighted by Gasteiger charge is -2.25. The van der Waals surface area contributed by atoms with E-state index in [9.17, 15) is 9.59 Å². The molecule has 0 spiro atoms. The molecule has 0 unspecified atom stereocenters. The van der Waals surface area contributed by atoms with Crippen molar-refractivity contribution < 1.29 is 9.59 Å². The van der Waals surface area contributed by atoms with Gasteiger partial charge in [-0.05, 0) is 25.0 Å². The predicted octanol–water partition coefficient (Wildman–Crippen LogP) is 3.01. The first-order chi connectivity index (χ1) is 11.6. The molecule has 0 bridgehead atoms. The van der Waals surface area contributed by atoms with E-state index >= 15 is 0 Å². The number of fused-ring (bicyclic) bond motifs is 1. The van der Waals surface area contributed by atoms with Crippen LogP contribution in [0.1, 0.15) is 51.5 Å². The molecule has 1 saturated carbocycles. The Morgan fingerprint density at radius 3 is 2.71 bits per heavy atom. The number of amides is 2. The number of para-hydroxylation sites is 2. The molecular weight excluding hydrogens is 304 g/mol. The van der Waals surface area contributed by atoms with Crippen LogP contribution in [0.4, 0.5) is 5.95 Å². The van der Waals surface area contributed by atoms with E-state index in [1.54, 1.807) is 0 Å². The number of carbonyl (C=O) groups is 2. The SMILES string of the molecule is CC(=O)NCCC(=O)Nc1nc2ccccc2n1C1CCCCC1. The van der Waals surface area contributed by atoms with Crippen LogP contribution in [0.5, 0.6) is 0 Å². The first-order valence-electron chi connectivity index (χ1n) is 8.66. The molecule has 0 saturated heterocycles. The smallest absolute Gasteiger partial charge is 0.228 e. The van der Waals surface area contributed by atoms with E-state index in [2.05, 4.69) is 26.3 Å². The summed E-state index contributed by atoms with van der Waals surface area (Å²) in [6.45, 7) is 1.78. The zero-order chi connectivity index (χ0) is 16.9. The van der Waals surface area contributed by atoms with E-state index in [-0.39, 0.29) is 18.2 Å². The van der Waals surface area contributed by atoms with Gasteiger partial charge in [-0.25, -0.2) is 4.98 Å². The molecule has 3 rings (SSSR count). The predicted molar refractivity (Wildman–Crippen MR) is 93.8 cm³/mol. The van der Waals surface area contributed by atoms with Crippen LogP contribution in [-0.4, -0.2) is 27.9 Å². The molecule has 0 atom stereocenters. The van der Waals surface area contributed by atoms with Crippen molar-refractivity contribution in [3.8, 4) is 0 Å². The molecule has 6 heteroatoms. The van der Waals surface area contributed by atoms with Gasteiger partial charge in [-0.2, -0.15) is 0 Å². The summed E-state index contributed by atoms with van der Waals surface area (Å²) in [6, 6.07) is 8.39.